The van der Waals surface area contributed by atoms with Gasteiger partial charge in [0.05, 0.1) is 30.0 Å². The number of rotatable bonds is 5. The molecule has 5 heteroatoms. The molecule has 0 amide bonds. The van der Waals surface area contributed by atoms with Crippen molar-refractivity contribution >= 4 is 0 Å². The monoisotopic (exact) mass is 492 g/mol. The van der Waals surface area contributed by atoms with Gasteiger partial charge in [0, 0.05) is 5.41 Å². The lowest BCUT2D eigenvalue weighted by Gasteiger charge is -2.69. The molecule has 0 radical (unpaired) electrons. The molecule has 5 N–H and O–H groups in total. The lowest BCUT2D eigenvalue weighted by Crippen LogP contribution is -2.68. The first-order chi connectivity index (χ1) is 15.9. The smallest absolute Gasteiger partial charge is 0.0745 e. The summed E-state index contributed by atoms with van der Waals surface area (Å²) < 4.78 is 0. The number of hydrogen-bond acceptors (Lipinski definition) is 5. The Morgan fingerprint density at radius 3 is 2.20 bits per heavy atom. The Morgan fingerprint density at radius 1 is 0.971 bits per heavy atom. The van der Waals surface area contributed by atoms with Crippen LogP contribution in [0.25, 0.3) is 0 Å². The highest BCUT2D eigenvalue weighted by Gasteiger charge is 2.72. The maximum absolute atomic E-state index is 11.9. The molecule has 4 aliphatic carbocycles. The Hall–Kier alpha value is -0.460. The van der Waals surface area contributed by atoms with E-state index in [1.165, 1.54) is 0 Å². The van der Waals surface area contributed by atoms with E-state index in [0.717, 1.165) is 25.7 Å². The van der Waals surface area contributed by atoms with Crippen LogP contribution in [-0.4, -0.2) is 55.5 Å². The zero-order chi connectivity index (χ0) is 26.4. The molecule has 0 aromatic carbocycles. The standard InChI is InChI=1S/C30H52O5/c1-17(2)20(31)9-14-29(7,35)22-10-13-28(6)19-15-21(32)25-26(3,4)23(33)11-12-27(25,5)18(19)16-24(34)30(22,28)8/h18-25,31-35H,1,9-16H2,2-8H3/t18?,19?,20-,21+,22?,23?,24?,25?,27?,28+,29?,30?/m1/s1. The second-order valence-corrected chi connectivity index (χ2v) is 14.7. The summed E-state index contributed by atoms with van der Waals surface area (Å²) in [5.41, 5.74) is -1.47. The molecule has 0 saturated heterocycles. The predicted octanol–water partition coefficient (Wildman–Crippen LogP) is 4.44. The number of aliphatic hydroxyl groups is 5. The lowest BCUT2D eigenvalue weighted by molar-refractivity contribution is -0.262. The normalized spacial score (nSPS) is 51.5. The highest BCUT2D eigenvalue weighted by atomic mass is 16.3. The van der Waals surface area contributed by atoms with Gasteiger partial charge in [0.15, 0.2) is 0 Å². The molecule has 0 bridgehead atoms. The van der Waals surface area contributed by atoms with E-state index >= 15 is 0 Å². The Bertz CT molecular complexity index is 837. The molecule has 0 aromatic heterocycles. The molecule has 202 valence electrons. The summed E-state index contributed by atoms with van der Waals surface area (Å²) in [7, 11) is 0. The molecular formula is C30H52O5. The van der Waals surface area contributed by atoms with Gasteiger partial charge in [-0.2, -0.15) is 0 Å². The van der Waals surface area contributed by atoms with Crippen molar-refractivity contribution < 1.29 is 25.5 Å². The SMILES string of the molecule is C=C(C)[C@H](O)CCC(C)(O)C1CC[C@@]2(C)C3C[C@H](O)C4C(C)(C)C(O)CCC4(C)C3CC(O)C12C. The van der Waals surface area contributed by atoms with Crippen LogP contribution in [-0.2, 0) is 0 Å². The van der Waals surface area contributed by atoms with Crippen LogP contribution in [0.3, 0.4) is 0 Å². The summed E-state index contributed by atoms with van der Waals surface area (Å²) in [6.07, 6.45) is 3.62. The Morgan fingerprint density at radius 2 is 1.60 bits per heavy atom. The van der Waals surface area contributed by atoms with Crippen molar-refractivity contribution in [3.8, 4) is 0 Å². The van der Waals surface area contributed by atoms with Crippen molar-refractivity contribution in [3.63, 3.8) is 0 Å². The third-order valence-corrected chi connectivity index (χ3v) is 12.7. The molecule has 5 nitrogen and oxygen atoms in total. The zero-order valence-electron chi connectivity index (χ0n) is 23.2. The molecule has 4 fully saturated rings. The number of hydrogen-bond donors (Lipinski definition) is 5. The van der Waals surface area contributed by atoms with Crippen molar-refractivity contribution in [2.75, 3.05) is 0 Å². The minimum Gasteiger partial charge on any atom is -0.393 e. The summed E-state index contributed by atoms with van der Waals surface area (Å²) in [5.74, 6) is 0.467. The highest BCUT2D eigenvalue weighted by Crippen LogP contribution is 2.75. The van der Waals surface area contributed by atoms with Gasteiger partial charge in [0.1, 0.15) is 0 Å². The number of fused-ring (bicyclic) bond motifs is 5. The highest BCUT2D eigenvalue weighted by molar-refractivity contribution is 5.21. The number of aliphatic hydroxyl groups excluding tert-OH is 4. The maximum Gasteiger partial charge on any atom is 0.0745 e. The van der Waals surface area contributed by atoms with Gasteiger partial charge in [0.2, 0.25) is 0 Å². The van der Waals surface area contributed by atoms with Crippen LogP contribution in [0.4, 0.5) is 0 Å². The quantitative estimate of drug-likeness (QED) is 0.365. The second-order valence-electron chi connectivity index (χ2n) is 14.7. The van der Waals surface area contributed by atoms with Crippen LogP contribution < -0.4 is 0 Å². The second kappa shape index (κ2) is 8.53. The van der Waals surface area contributed by atoms with Crippen molar-refractivity contribution in [3.05, 3.63) is 12.2 Å². The average molecular weight is 493 g/mol. The third kappa shape index (κ3) is 3.73. The molecule has 0 heterocycles. The summed E-state index contributed by atoms with van der Waals surface area (Å²) in [6, 6.07) is 0. The van der Waals surface area contributed by atoms with Gasteiger partial charge in [-0.05, 0) is 105 Å². The van der Waals surface area contributed by atoms with Gasteiger partial charge in [-0.15, -0.1) is 0 Å². The van der Waals surface area contributed by atoms with E-state index in [0.29, 0.717) is 31.3 Å². The van der Waals surface area contributed by atoms with Gasteiger partial charge in [-0.25, -0.2) is 0 Å². The molecule has 12 atom stereocenters. The topological polar surface area (TPSA) is 101 Å². The van der Waals surface area contributed by atoms with E-state index in [1.807, 2.05) is 13.8 Å². The molecular weight excluding hydrogens is 440 g/mol. The van der Waals surface area contributed by atoms with E-state index in [1.54, 1.807) is 0 Å². The lowest BCUT2D eigenvalue weighted by atomic mass is 9.36. The summed E-state index contributed by atoms with van der Waals surface area (Å²) in [6.45, 7) is 18.6. The summed E-state index contributed by atoms with van der Waals surface area (Å²) >= 11 is 0. The summed E-state index contributed by atoms with van der Waals surface area (Å²) in [4.78, 5) is 0. The average Bonchev–Trinajstić information content (AvgIpc) is 3.04. The maximum atomic E-state index is 11.9. The van der Waals surface area contributed by atoms with E-state index in [9.17, 15) is 25.5 Å². The fourth-order valence-corrected chi connectivity index (χ4v) is 10.4. The fourth-order valence-electron chi connectivity index (χ4n) is 10.4. The molecule has 0 spiro atoms. The molecule has 4 aliphatic rings. The largest absolute Gasteiger partial charge is 0.393 e. The molecule has 9 unspecified atom stereocenters. The van der Waals surface area contributed by atoms with Crippen LogP contribution in [0.1, 0.15) is 99.8 Å². The van der Waals surface area contributed by atoms with E-state index in [-0.39, 0.29) is 39.9 Å². The van der Waals surface area contributed by atoms with Crippen molar-refractivity contribution in [1.82, 2.24) is 0 Å². The Labute approximate surface area is 213 Å². The van der Waals surface area contributed by atoms with Crippen LogP contribution >= 0.6 is 0 Å². The van der Waals surface area contributed by atoms with Crippen LogP contribution in [0, 0.1) is 45.3 Å². The van der Waals surface area contributed by atoms with Crippen LogP contribution in [0.15, 0.2) is 12.2 Å². The van der Waals surface area contributed by atoms with Crippen LogP contribution in [0.2, 0.25) is 0 Å². The molecule has 35 heavy (non-hydrogen) atoms. The first-order valence-electron chi connectivity index (χ1n) is 14.0. The van der Waals surface area contributed by atoms with Gasteiger partial charge in [-0.3, -0.25) is 0 Å². The van der Waals surface area contributed by atoms with Gasteiger partial charge in [-0.1, -0.05) is 46.8 Å². The van der Waals surface area contributed by atoms with Gasteiger partial charge < -0.3 is 25.5 Å². The van der Waals surface area contributed by atoms with Crippen molar-refractivity contribution in [2.24, 2.45) is 45.3 Å². The third-order valence-electron chi connectivity index (χ3n) is 12.7. The van der Waals surface area contributed by atoms with Crippen molar-refractivity contribution in [1.29, 1.82) is 0 Å². The van der Waals surface area contributed by atoms with Crippen LogP contribution in [0.5, 0.6) is 0 Å². The molecule has 4 rings (SSSR count). The van der Waals surface area contributed by atoms with E-state index in [2.05, 4.69) is 41.2 Å². The van der Waals surface area contributed by atoms with E-state index < -0.39 is 35.4 Å². The first kappa shape index (κ1) is 27.6. The minimum absolute atomic E-state index is 0.00379. The van der Waals surface area contributed by atoms with Gasteiger partial charge >= 0.3 is 0 Å². The molecule has 0 aliphatic heterocycles. The Balaban J connectivity index is 1.68. The summed E-state index contributed by atoms with van der Waals surface area (Å²) in [5, 5.41) is 56.4. The zero-order valence-corrected chi connectivity index (χ0v) is 23.2. The van der Waals surface area contributed by atoms with E-state index in [4.69, 9.17) is 0 Å². The molecule has 4 saturated carbocycles. The fraction of sp³-hybridized carbons (Fsp3) is 0.933. The Kier molecular flexibility index (Phi) is 6.72. The predicted molar refractivity (Wildman–Crippen MR) is 138 cm³/mol. The van der Waals surface area contributed by atoms with Crippen molar-refractivity contribution in [2.45, 2.75) is 130 Å². The first-order valence-corrected chi connectivity index (χ1v) is 14.0. The van der Waals surface area contributed by atoms with Gasteiger partial charge in [0.25, 0.3) is 0 Å². The minimum atomic E-state index is -1.01. The molecule has 0 aromatic rings.